The average Bonchev–Trinajstić information content (AvgIpc) is 3.13. The fourth-order valence-electron chi connectivity index (χ4n) is 3.07. The summed E-state index contributed by atoms with van der Waals surface area (Å²) in [5.74, 6) is 0.729. The summed E-state index contributed by atoms with van der Waals surface area (Å²) in [5.41, 5.74) is 2.07. The van der Waals surface area contributed by atoms with E-state index in [1.807, 2.05) is 43.7 Å². The maximum absolute atomic E-state index is 12.2. The molecule has 24 heavy (non-hydrogen) atoms. The molecule has 0 aliphatic heterocycles. The summed E-state index contributed by atoms with van der Waals surface area (Å²) in [6, 6.07) is 5.62. The summed E-state index contributed by atoms with van der Waals surface area (Å²) < 4.78 is 1.82. The van der Waals surface area contributed by atoms with Crippen LogP contribution in [0, 0.1) is 0 Å². The predicted octanol–water partition coefficient (Wildman–Crippen LogP) is 3.17. The molecule has 128 valence electrons. The van der Waals surface area contributed by atoms with Crippen molar-refractivity contribution in [2.75, 3.05) is 0 Å². The van der Waals surface area contributed by atoms with Gasteiger partial charge < -0.3 is 10.6 Å². The summed E-state index contributed by atoms with van der Waals surface area (Å²) in [6.45, 7) is 6.47. The number of nitrogens with zero attached hydrogens (tertiary/aromatic N) is 3. The zero-order valence-electron chi connectivity index (χ0n) is 14.1. The van der Waals surface area contributed by atoms with Crippen molar-refractivity contribution >= 4 is 17.6 Å². The number of amides is 2. The van der Waals surface area contributed by atoms with E-state index in [0.29, 0.717) is 6.54 Å². The summed E-state index contributed by atoms with van der Waals surface area (Å²) in [4.78, 5) is 16.5. The summed E-state index contributed by atoms with van der Waals surface area (Å²) in [6.07, 6.45) is 3.26. The van der Waals surface area contributed by atoms with Crippen LogP contribution in [-0.2, 0) is 18.5 Å². The van der Waals surface area contributed by atoms with E-state index in [-0.39, 0.29) is 17.6 Å². The third-order valence-electron chi connectivity index (χ3n) is 4.18. The number of carbonyl (C=O) groups excluding carboxylic acids is 1. The lowest BCUT2D eigenvalue weighted by Gasteiger charge is -2.21. The quantitative estimate of drug-likeness (QED) is 0.895. The number of rotatable bonds is 3. The van der Waals surface area contributed by atoms with Crippen LogP contribution in [0.5, 0.6) is 0 Å². The molecule has 0 saturated heterocycles. The van der Waals surface area contributed by atoms with Crippen molar-refractivity contribution in [3.63, 3.8) is 0 Å². The molecular formula is C17H22ClN5O. The van der Waals surface area contributed by atoms with Crippen molar-refractivity contribution in [1.29, 1.82) is 0 Å². The highest BCUT2D eigenvalue weighted by Gasteiger charge is 2.25. The number of fused-ring (bicyclic) bond motifs is 1. The first kappa shape index (κ1) is 16.8. The number of hydrogen-bond donors (Lipinski definition) is 2. The van der Waals surface area contributed by atoms with Crippen molar-refractivity contribution in [2.24, 2.45) is 0 Å². The van der Waals surface area contributed by atoms with Gasteiger partial charge in [-0.15, -0.1) is 0 Å². The van der Waals surface area contributed by atoms with Crippen LogP contribution < -0.4 is 10.6 Å². The molecule has 7 heteroatoms. The van der Waals surface area contributed by atoms with E-state index in [2.05, 4.69) is 20.7 Å². The van der Waals surface area contributed by atoms with E-state index < -0.39 is 0 Å². The Morgan fingerprint density at radius 3 is 2.96 bits per heavy atom. The Morgan fingerprint density at radius 1 is 1.42 bits per heavy atom. The number of benzene rings is 1. The standard InChI is InChI=1S/C17H22ClN5O/c1-17(2,3)23-15(20-10-21-23)9-19-16(24)22-14-8-7-11-12(14)5-4-6-13(11)18/h4-6,10,14H,7-9H2,1-3H3,(H2,19,22,24). The molecule has 2 aromatic rings. The van der Waals surface area contributed by atoms with Crippen molar-refractivity contribution in [1.82, 2.24) is 25.4 Å². The van der Waals surface area contributed by atoms with Crippen LogP contribution in [0.3, 0.4) is 0 Å². The second kappa shape index (κ2) is 6.43. The van der Waals surface area contributed by atoms with Crippen molar-refractivity contribution in [3.05, 3.63) is 46.5 Å². The van der Waals surface area contributed by atoms with E-state index >= 15 is 0 Å². The van der Waals surface area contributed by atoms with Gasteiger partial charge in [0.1, 0.15) is 12.2 Å². The molecule has 1 aromatic carbocycles. The van der Waals surface area contributed by atoms with E-state index in [9.17, 15) is 4.79 Å². The molecule has 2 N–H and O–H groups in total. The van der Waals surface area contributed by atoms with Gasteiger partial charge in [-0.1, -0.05) is 23.7 Å². The Labute approximate surface area is 146 Å². The first-order chi connectivity index (χ1) is 11.4. The van der Waals surface area contributed by atoms with Gasteiger partial charge in [-0.05, 0) is 50.8 Å². The molecule has 2 amide bonds. The third kappa shape index (κ3) is 3.38. The van der Waals surface area contributed by atoms with Gasteiger partial charge in [0, 0.05) is 5.02 Å². The smallest absolute Gasteiger partial charge is 0.315 e. The van der Waals surface area contributed by atoms with Crippen molar-refractivity contribution in [3.8, 4) is 0 Å². The zero-order valence-corrected chi connectivity index (χ0v) is 14.9. The summed E-state index contributed by atoms with van der Waals surface area (Å²) in [7, 11) is 0. The molecule has 0 fully saturated rings. The lowest BCUT2D eigenvalue weighted by atomic mass is 10.1. The molecule has 0 saturated carbocycles. The molecule has 1 unspecified atom stereocenters. The van der Waals surface area contributed by atoms with Gasteiger partial charge in [-0.3, -0.25) is 0 Å². The number of aromatic nitrogens is 3. The molecule has 1 aliphatic rings. The van der Waals surface area contributed by atoms with Gasteiger partial charge in [0.15, 0.2) is 0 Å². The Bertz CT molecular complexity index is 750. The molecule has 0 spiro atoms. The molecule has 1 atom stereocenters. The monoisotopic (exact) mass is 347 g/mol. The number of carbonyl (C=O) groups is 1. The minimum absolute atomic E-state index is 0.000754. The van der Waals surface area contributed by atoms with Crippen LogP contribution in [0.25, 0.3) is 0 Å². The minimum Gasteiger partial charge on any atom is -0.331 e. The van der Waals surface area contributed by atoms with Crippen LogP contribution in [-0.4, -0.2) is 20.8 Å². The molecule has 1 aliphatic carbocycles. The lowest BCUT2D eigenvalue weighted by Crippen LogP contribution is -2.38. The number of nitrogens with one attached hydrogen (secondary N) is 2. The van der Waals surface area contributed by atoms with E-state index in [1.165, 1.54) is 6.33 Å². The maximum atomic E-state index is 12.2. The fraction of sp³-hybridized carbons (Fsp3) is 0.471. The van der Waals surface area contributed by atoms with Crippen molar-refractivity contribution < 1.29 is 4.79 Å². The largest absolute Gasteiger partial charge is 0.331 e. The Balaban J connectivity index is 1.61. The second-order valence-corrected chi connectivity index (χ2v) is 7.39. The maximum Gasteiger partial charge on any atom is 0.315 e. The minimum atomic E-state index is -0.212. The Morgan fingerprint density at radius 2 is 2.21 bits per heavy atom. The van der Waals surface area contributed by atoms with E-state index in [4.69, 9.17) is 11.6 Å². The van der Waals surface area contributed by atoms with Crippen LogP contribution in [0.4, 0.5) is 4.79 Å². The highest BCUT2D eigenvalue weighted by molar-refractivity contribution is 6.31. The van der Waals surface area contributed by atoms with Crippen LogP contribution in [0.15, 0.2) is 24.5 Å². The Hall–Kier alpha value is -2.08. The average molecular weight is 348 g/mol. The molecule has 3 rings (SSSR count). The Kier molecular flexibility index (Phi) is 4.49. The molecule has 1 heterocycles. The highest BCUT2D eigenvalue weighted by atomic mass is 35.5. The van der Waals surface area contributed by atoms with E-state index in [0.717, 1.165) is 34.8 Å². The van der Waals surface area contributed by atoms with Crippen LogP contribution in [0.1, 0.15) is 50.2 Å². The third-order valence-corrected chi connectivity index (χ3v) is 4.53. The summed E-state index contributed by atoms with van der Waals surface area (Å²) in [5, 5.41) is 10.9. The molecule has 0 bridgehead atoms. The molecule has 1 aromatic heterocycles. The number of hydrogen-bond acceptors (Lipinski definition) is 3. The number of urea groups is 1. The van der Waals surface area contributed by atoms with Gasteiger partial charge in [0.25, 0.3) is 0 Å². The van der Waals surface area contributed by atoms with Crippen LogP contribution in [0.2, 0.25) is 5.02 Å². The molecule has 6 nitrogen and oxygen atoms in total. The molecular weight excluding hydrogens is 326 g/mol. The second-order valence-electron chi connectivity index (χ2n) is 6.98. The van der Waals surface area contributed by atoms with Gasteiger partial charge in [0.2, 0.25) is 0 Å². The molecule has 0 radical (unpaired) electrons. The summed E-state index contributed by atoms with van der Waals surface area (Å²) >= 11 is 6.21. The number of halogens is 1. The first-order valence-electron chi connectivity index (χ1n) is 8.07. The lowest BCUT2D eigenvalue weighted by molar-refractivity contribution is 0.235. The van der Waals surface area contributed by atoms with Gasteiger partial charge in [-0.2, -0.15) is 5.10 Å². The fourth-order valence-corrected chi connectivity index (χ4v) is 3.35. The topological polar surface area (TPSA) is 71.8 Å². The van der Waals surface area contributed by atoms with Gasteiger partial charge >= 0.3 is 6.03 Å². The van der Waals surface area contributed by atoms with Crippen LogP contribution >= 0.6 is 11.6 Å². The van der Waals surface area contributed by atoms with Gasteiger partial charge in [0.05, 0.1) is 18.1 Å². The first-order valence-corrected chi connectivity index (χ1v) is 8.45. The highest BCUT2D eigenvalue weighted by Crippen LogP contribution is 2.35. The zero-order chi connectivity index (χ0) is 17.3. The van der Waals surface area contributed by atoms with Crippen molar-refractivity contribution in [2.45, 2.75) is 51.7 Å². The SMILES string of the molecule is CC(C)(C)n1ncnc1CNC(=O)NC1CCc2c(Cl)cccc21. The predicted molar refractivity (Wildman–Crippen MR) is 92.9 cm³/mol. The normalized spacial score (nSPS) is 16.8. The van der Waals surface area contributed by atoms with E-state index in [1.54, 1.807) is 0 Å². The van der Waals surface area contributed by atoms with Gasteiger partial charge in [-0.25, -0.2) is 14.5 Å².